The zero-order valence-corrected chi connectivity index (χ0v) is 11.0. The van der Waals surface area contributed by atoms with Gasteiger partial charge in [0.15, 0.2) is 9.84 Å². The molecule has 1 saturated carbocycles. The van der Waals surface area contributed by atoms with E-state index in [-0.39, 0.29) is 17.4 Å². The summed E-state index contributed by atoms with van der Waals surface area (Å²) in [5, 5.41) is 6.11. The van der Waals surface area contributed by atoms with E-state index in [2.05, 4.69) is 10.6 Å². The quantitative estimate of drug-likeness (QED) is 0.719. The molecule has 17 heavy (non-hydrogen) atoms. The SMILES string of the molecule is CC1(NC(=O)CCNC2CC2)CCS(=O)(=O)C1. The zero-order chi connectivity index (χ0) is 12.5. The molecule has 2 fully saturated rings. The Morgan fingerprint density at radius 1 is 1.41 bits per heavy atom. The van der Waals surface area contributed by atoms with Gasteiger partial charge in [-0.2, -0.15) is 0 Å². The van der Waals surface area contributed by atoms with Crippen LogP contribution in [0.3, 0.4) is 0 Å². The average molecular weight is 260 g/mol. The third-order valence-corrected chi connectivity index (χ3v) is 5.21. The molecule has 5 nitrogen and oxygen atoms in total. The van der Waals surface area contributed by atoms with Gasteiger partial charge in [-0.3, -0.25) is 4.79 Å². The van der Waals surface area contributed by atoms with E-state index in [1.54, 1.807) is 0 Å². The minimum atomic E-state index is -2.95. The highest BCUT2D eigenvalue weighted by Gasteiger charge is 2.39. The van der Waals surface area contributed by atoms with Crippen molar-refractivity contribution in [3.05, 3.63) is 0 Å². The highest BCUT2D eigenvalue weighted by Crippen LogP contribution is 2.23. The molecule has 0 bridgehead atoms. The predicted molar refractivity (Wildman–Crippen MR) is 65.5 cm³/mol. The van der Waals surface area contributed by atoms with E-state index in [1.807, 2.05) is 6.92 Å². The molecule has 1 heterocycles. The van der Waals surface area contributed by atoms with E-state index in [9.17, 15) is 13.2 Å². The Morgan fingerprint density at radius 2 is 2.12 bits per heavy atom. The van der Waals surface area contributed by atoms with Crippen LogP contribution in [-0.4, -0.2) is 44.0 Å². The first-order chi connectivity index (χ1) is 7.89. The van der Waals surface area contributed by atoms with Gasteiger partial charge in [0, 0.05) is 19.0 Å². The van der Waals surface area contributed by atoms with Crippen molar-refractivity contribution in [2.45, 2.75) is 44.2 Å². The summed E-state index contributed by atoms with van der Waals surface area (Å²) in [5.41, 5.74) is -0.560. The van der Waals surface area contributed by atoms with Crippen LogP contribution >= 0.6 is 0 Å². The number of nitrogens with one attached hydrogen (secondary N) is 2. The lowest BCUT2D eigenvalue weighted by molar-refractivity contribution is -0.122. The molecule has 0 aromatic heterocycles. The fraction of sp³-hybridized carbons (Fsp3) is 0.909. The van der Waals surface area contributed by atoms with Crippen LogP contribution < -0.4 is 10.6 Å². The Hall–Kier alpha value is -0.620. The summed E-state index contributed by atoms with van der Waals surface area (Å²) < 4.78 is 22.8. The largest absolute Gasteiger partial charge is 0.350 e. The van der Waals surface area contributed by atoms with Crippen molar-refractivity contribution < 1.29 is 13.2 Å². The van der Waals surface area contributed by atoms with Gasteiger partial charge in [0.05, 0.1) is 17.0 Å². The topological polar surface area (TPSA) is 75.3 Å². The minimum Gasteiger partial charge on any atom is -0.350 e. The van der Waals surface area contributed by atoms with Crippen molar-refractivity contribution in [3.63, 3.8) is 0 Å². The van der Waals surface area contributed by atoms with Gasteiger partial charge in [-0.25, -0.2) is 8.42 Å². The summed E-state index contributed by atoms with van der Waals surface area (Å²) in [4.78, 5) is 11.7. The van der Waals surface area contributed by atoms with Gasteiger partial charge in [0.1, 0.15) is 0 Å². The van der Waals surface area contributed by atoms with Crippen LogP contribution in [0.2, 0.25) is 0 Å². The van der Waals surface area contributed by atoms with E-state index in [4.69, 9.17) is 0 Å². The molecule has 1 aliphatic carbocycles. The van der Waals surface area contributed by atoms with Crippen molar-refractivity contribution in [2.75, 3.05) is 18.1 Å². The van der Waals surface area contributed by atoms with Crippen molar-refractivity contribution in [1.82, 2.24) is 10.6 Å². The van der Waals surface area contributed by atoms with E-state index >= 15 is 0 Å². The van der Waals surface area contributed by atoms with Crippen molar-refractivity contribution >= 4 is 15.7 Å². The number of hydrogen-bond acceptors (Lipinski definition) is 4. The molecular formula is C11H20N2O3S. The number of amides is 1. The molecule has 1 unspecified atom stereocenters. The van der Waals surface area contributed by atoms with Crippen LogP contribution in [0.4, 0.5) is 0 Å². The second kappa shape index (κ2) is 4.57. The highest BCUT2D eigenvalue weighted by molar-refractivity contribution is 7.91. The summed E-state index contributed by atoms with van der Waals surface area (Å²) in [6.45, 7) is 2.49. The van der Waals surface area contributed by atoms with Crippen LogP contribution in [0.1, 0.15) is 32.6 Å². The molecule has 2 rings (SSSR count). The lowest BCUT2D eigenvalue weighted by Crippen LogP contribution is -2.47. The van der Waals surface area contributed by atoms with Gasteiger partial charge in [-0.1, -0.05) is 0 Å². The van der Waals surface area contributed by atoms with Crippen molar-refractivity contribution in [1.29, 1.82) is 0 Å². The molecule has 2 aliphatic rings. The third kappa shape index (κ3) is 3.96. The fourth-order valence-electron chi connectivity index (χ4n) is 2.19. The lowest BCUT2D eigenvalue weighted by atomic mass is 10.0. The van der Waals surface area contributed by atoms with Crippen molar-refractivity contribution in [2.24, 2.45) is 0 Å². The van der Waals surface area contributed by atoms with Gasteiger partial charge < -0.3 is 10.6 Å². The van der Waals surface area contributed by atoms with E-state index in [0.29, 0.717) is 25.4 Å². The minimum absolute atomic E-state index is 0.0576. The Balaban J connectivity index is 1.73. The summed E-state index contributed by atoms with van der Waals surface area (Å²) in [6, 6.07) is 0.602. The number of carbonyl (C=O) groups excluding carboxylic acids is 1. The maximum Gasteiger partial charge on any atom is 0.221 e. The fourth-order valence-corrected chi connectivity index (χ4v) is 4.28. The zero-order valence-electron chi connectivity index (χ0n) is 10.2. The maximum atomic E-state index is 11.7. The monoisotopic (exact) mass is 260 g/mol. The first kappa shape index (κ1) is 12.8. The highest BCUT2D eigenvalue weighted by atomic mass is 32.2. The van der Waals surface area contributed by atoms with E-state index < -0.39 is 15.4 Å². The molecule has 0 radical (unpaired) electrons. The van der Waals surface area contributed by atoms with Gasteiger partial charge in [-0.05, 0) is 26.2 Å². The maximum absolute atomic E-state index is 11.7. The first-order valence-electron chi connectivity index (χ1n) is 6.13. The predicted octanol–water partition coefficient (Wildman–Crippen LogP) is -0.178. The van der Waals surface area contributed by atoms with Crippen LogP contribution in [0.25, 0.3) is 0 Å². The summed E-state index contributed by atoms with van der Waals surface area (Å²) in [7, 11) is -2.95. The van der Waals surface area contributed by atoms with Crippen LogP contribution in [0, 0.1) is 0 Å². The average Bonchev–Trinajstić information content (AvgIpc) is 2.94. The number of rotatable bonds is 5. The van der Waals surface area contributed by atoms with Gasteiger partial charge >= 0.3 is 0 Å². The van der Waals surface area contributed by atoms with Crippen LogP contribution in [0.15, 0.2) is 0 Å². The molecule has 0 aromatic carbocycles. The number of hydrogen-bond donors (Lipinski definition) is 2. The Morgan fingerprint density at radius 3 is 2.65 bits per heavy atom. The lowest BCUT2D eigenvalue weighted by Gasteiger charge is -2.23. The molecule has 1 saturated heterocycles. The number of carbonyl (C=O) groups is 1. The standard InChI is InChI=1S/C11H20N2O3S/c1-11(5-7-17(15,16)8-11)13-10(14)4-6-12-9-2-3-9/h9,12H,2-8H2,1H3,(H,13,14). The second-order valence-electron chi connectivity index (χ2n) is 5.43. The molecule has 2 N–H and O–H groups in total. The molecule has 1 atom stereocenters. The Bertz CT molecular complexity index is 403. The molecule has 6 heteroatoms. The second-order valence-corrected chi connectivity index (χ2v) is 7.61. The Labute approximate surface area is 102 Å². The summed E-state index contributed by atoms with van der Waals surface area (Å²) in [6.07, 6.45) is 3.36. The van der Waals surface area contributed by atoms with Gasteiger partial charge in [0.25, 0.3) is 0 Å². The summed E-state index contributed by atoms with van der Waals surface area (Å²) in [5.74, 6) is 0.198. The smallest absolute Gasteiger partial charge is 0.221 e. The molecule has 0 aromatic rings. The molecule has 0 spiro atoms. The first-order valence-corrected chi connectivity index (χ1v) is 7.96. The van der Waals surface area contributed by atoms with E-state index in [0.717, 1.165) is 0 Å². The van der Waals surface area contributed by atoms with Gasteiger partial charge in [0.2, 0.25) is 5.91 Å². The summed E-state index contributed by atoms with van der Waals surface area (Å²) >= 11 is 0. The molecule has 98 valence electrons. The third-order valence-electron chi connectivity index (χ3n) is 3.31. The van der Waals surface area contributed by atoms with Crippen molar-refractivity contribution in [3.8, 4) is 0 Å². The number of sulfone groups is 1. The normalized spacial score (nSPS) is 31.4. The molecule has 1 aliphatic heterocycles. The van der Waals surface area contributed by atoms with Crippen LogP contribution in [-0.2, 0) is 14.6 Å². The van der Waals surface area contributed by atoms with Gasteiger partial charge in [-0.15, -0.1) is 0 Å². The van der Waals surface area contributed by atoms with Crippen LogP contribution in [0.5, 0.6) is 0 Å². The molecular weight excluding hydrogens is 240 g/mol. The Kier molecular flexibility index (Phi) is 3.45. The molecule has 1 amide bonds. The van der Waals surface area contributed by atoms with E-state index in [1.165, 1.54) is 12.8 Å².